The summed E-state index contributed by atoms with van der Waals surface area (Å²) in [5.74, 6) is 0.839. The van der Waals surface area contributed by atoms with Crippen LogP contribution in [0.25, 0.3) is 16.6 Å². The van der Waals surface area contributed by atoms with Gasteiger partial charge in [-0.2, -0.15) is 10.2 Å². The predicted molar refractivity (Wildman–Crippen MR) is 139 cm³/mol. The van der Waals surface area contributed by atoms with Crippen LogP contribution in [-0.2, 0) is 11.2 Å². The molecule has 0 aliphatic carbocycles. The van der Waals surface area contributed by atoms with E-state index < -0.39 is 0 Å². The second kappa shape index (κ2) is 10.3. The van der Waals surface area contributed by atoms with Crippen molar-refractivity contribution < 1.29 is 4.79 Å². The van der Waals surface area contributed by atoms with Crippen molar-refractivity contribution in [3.05, 3.63) is 77.6 Å². The zero-order valence-electron chi connectivity index (χ0n) is 20.4. The van der Waals surface area contributed by atoms with Crippen LogP contribution in [0.3, 0.4) is 0 Å². The van der Waals surface area contributed by atoms with Gasteiger partial charge in [0.1, 0.15) is 5.52 Å². The largest absolute Gasteiger partial charge is 0.356 e. The SMILES string of the molecule is Cc1nnc(N2CCC[C@H](C(=O)NCCCc3ccccc3)C2)c2nn(-c3ccccc3)c(C)c12. The van der Waals surface area contributed by atoms with E-state index in [1.165, 1.54) is 5.56 Å². The van der Waals surface area contributed by atoms with E-state index in [-0.39, 0.29) is 11.8 Å². The average molecular weight is 469 g/mol. The molecule has 35 heavy (non-hydrogen) atoms. The molecular weight excluding hydrogens is 436 g/mol. The van der Waals surface area contributed by atoms with Gasteiger partial charge in [0.25, 0.3) is 0 Å². The first kappa shape index (κ1) is 23.0. The molecular formula is C28H32N6O. The summed E-state index contributed by atoms with van der Waals surface area (Å²) >= 11 is 0. The lowest BCUT2D eigenvalue weighted by atomic mass is 9.97. The molecule has 0 saturated carbocycles. The highest BCUT2D eigenvalue weighted by atomic mass is 16.1. The van der Waals surface area contributed by atoms with Crippen molar-refractivity contribution in [2.24, 2.45) is 5.92 Å². The number of para-hydroxylation sites is 1. The first-order valence-corrected chi connectivity index (χ1v) is 12.5. The van der Waals surface area contributed by atoms with E-state index in [4.69, 9.17) is 5.10 Å². The van der Waals surface area contributed by atoms with Crippen LogP contribution in [0.5, 0.6) is 0 Å². The van der Waals surface area contributed by atoms with Gasteiger partial charge in [-0.3, -0.25) is 4.79 Å². The topological polar surface area (TPSA) is 75.9 Å². The van der Waals surface area contributed by atoms with E-state index in [0.717, 1.165) is 66.0 Å². The van der Waals surface area contributed by atoms with Crippen molar-refractivity contribution in [1.29, 1.82) is 0 Å². The first-order valence-electron chi connectivity index (χ1n) is 12.5. The van der Waals surface area contributed by atoms with Gasteiger partial charge in [-0.05, 0) is 57.2 Å². The van der Waals surface area contributed by atoms with Crippen molar-refractivity contribution in [2.75, 3.05) is 24.5 Å². The number of carbonyl (C=O) groups excluding carboxylic acids is 1. The van der Waals surface area contributed by atoms with Crippen molar-refractivity contribution in [3.63, 3.8) is 0 Å². The lowest BCUT2D eigenvalue weighted by Crippen LogP contribution is -2.43. The third kappa shape index (κ3) is 4.90. The number of fused-ring (bicyclic) bond motifs is 1. The van der Waals surface area contributed by atoms with E-state index in [1.54, 1.807) is 0 Å². The van der Waals surface area contributed by atoms with Crippen LogP contribution in [0, 0.1) is 19.8 Å². The standard InChI is InChI=1S/C28H32N6O/c1-20-25-21(2)34(24-15-7-4-8-16-24)32-26(25)27(31-30-20)33-18-10-14-23(19-33)28(35)29-17-9-13-22-11-5-3-6-12-22/h3-8,11-12,15-16,23H,9-10,13-14,17-19H2,1-2H3,(H,29,35)/t23-/m0/s1. The van der Waals surface area contributed by atoms with Crippen molar-refractivity contribution in [2.45, 2.75) is 39.5 Å². The fourth-order valence-corrected chi connectivity index (χ4v) is 5.02. The fourth-order valence-electron chi connectivity index (χ4n) is 5.02. The molecule has 5 rings (SSSR count). The summed E-state index contributed by atoms with van der Waals surface area (Å²) in [5.41, 5.74) is 5.08. The molecule has 4 aromatic rings. The van der Waals surface area contributed by atoms with Crippen LogP contribution < -0.4 is 10.2 Å². The molecule has 1 N–H and O–H groups in total. The number of hydrogen-bond acceptors (Lipinski definition) is 5. The number of anilines is 1. The Balaban J connectivity index is 1.30. The second-order valence-electron chi connectivity index (χ2n) is 9.33. The van der Waals surface area contributed by atoms with Crippen LogP contribution in [-0.4, -0.2) is 45.5 Å². The lowest BCUT2D eigenvalue weighted by Gasteiger charge is -2.32. The third-order valence-electron chi connectivity index (χ3n) is 6.86. The third-order valence-corrected chi connectivity index (χ3v) is 6.86. The first-order chi connectivity index (χ1) is 17.1. The van der Waals surface area contributed by atoms with E-state index >= 15 is 0 Å². The summed E-state index contributed by atoms with van der Waals surface area (Å²) in [6.45, 7) is 6.23. The number of piperidine rings is 1. The summed E-state index contributed by atoms with van der Waals surface area (Å²) in [4.78, 5) is 15.1. The molecule has 1 atom stereocenters. The van der Waals surface area contributed by atoms with Gasteiger partial charge in [0.2, 0.25) is 5.91 Å². The molecule has 3 heterocycles. The van der Waals surface area contributed by atoms with Gasteiger partial charge < -0.3 is 10.2 Å². The maximum Gasteiger partial charge on any atom is 0.224 e. The number of nitrogens with one attached hydrogen (secondary N) is 1. The van der Waals surface area contributed by atoms with Crippen molar-refractivity contribution in [3.8, 4) is 5.69 Å². The van der Waals surface area contributed by atoms with Crippen LogP contribution >= 0.6 is 0 Å². The molecule has 0 radical (unpaired) electrons. The Morgan fingerprint density at radius 2 is 1.77 bits per heavy atom. The fraction of sp³-hybridized carbons (Fsp3) is 0.357. The molecule has 0 spiro atoms. The van der Waals surface area contributed by atoms with Crippen molar-refractivity contribution in [1.82, 2.24) is 25.3 Å². The molecule has 1 amide bonds. The lowest BCUT2D eigenvalue weighted by molar-refractivity contribution is -0.125. The Morgan fingerprint density at radius 3 is 2.54 bits per heavy atom. The van der Waals surface area contributed by atoms with Crippen LogP contribution in [0.4, 0.5) is 5.82 Å². The second-order valence-corrected chi connectivity index (χ2v) is 9.33. The Morgan fingerprint density at radius 1 is 1.03 bits per heavy atom. The number of aryl methyl sites for hydroxylation is 3. The maximum atomic E-state index is 13.0. The summed E-state index contributed by atoms with van der Waals surface area (Å²) in [5, 5.41) is 18.2. The van der Waals surface area contributed by atoms with Crippen LogP contribution in [0.15, 0.2) is 60.7 Å². The van der Waals surface area contributed by atoms with Gasteiger partial charge in [0, 0.05) is 19.6 Å². The van der Waals surface area contributed by atoms with Crippen molar-refractivity contribution >= 4 is 22.6 Å². The minimum Gasteiger partial charge on any atom is -0.356 e. The quantitative estimate of drug-likeness (QED) is 0.407. The number of aromatic nitrogens is 4. The predicted octanol–water partition coefficient (Wildman–Crippen LogP) is 4.40. The van der Waals surface area contributed by atoms with E-state index in [2.05, 4.69) is 51.6 Å². The molecule has 7 nitrogen and oxygen atoms in total. The van der Waals surface area contributed by atoms with Crippen LogP contribution in [0.1, 0.15) is 36.2 Å². The van der Waals surface area contributed by atoms with E-state index in [1.807, 2.05) is 48.0 Å². The Hall–Kier alpha value is -3.74. The van der Waals surface area contributed by atoms with E-state index in [9.17, 15) is 4.79 Å². The summed E-state index contributed by atoms with van der Waals surface area (Å²) in [6, 6.07) is 20.5. The average Bonchev–Trinajstić information content (AvgIpc) is 3.26. The van der Waals surface area contributed by atoms with Gasteiger partial charge in [0.15, 0.2) is 5.82 Å². The molecule has 1 aliphatic rings. The molecule has 2 aromatic heterocycles. The minimum absolute atomic E-state index is 0.0593. The molecule has 2 aromatic carbocycles. The number of hydrogen-bond donors (Lipinski definition) is 1. The highest BCUT2D eigenvalue weighted by molar-refractivity contribution is 5.92. The minimum atomic E-state index is -0.0593. The van der Waals surface area contributed by atoms with Crippen LogP contribution in [0.2, 0.25) is 0 Å². The molecule has 0 bridgehead atoms. The monoisotopic (exact) mass is 468 g/mol. The molecule has 7 heteroatoms. The van der Waals surface area contributed by atoms with Gasteiger partial charge in [-0.15, -0.1) is 5.10 Å². The van der Waals surface area contributed by atoms with Gasteiger partial charge in [-0.25, -0.2) is 4.68 Å². The molecule has 0 unspecified atom stereocenters. The number of rotatable bonds is 7. The highest BCUT2D eigenvalue weighted by Crippen LogP contribution is 2.31. The molecule has 180 valence electrons. The van der Waals surface area contributed by atoms with E-state index in [0.29, 0.717) is 13.1 Å². The zero-order valence-corrected chi connectivity index (χ0v) is 20.4. The zero-order chi connectivity index (χ0) is 24.2. The molecule has 1 fully saturated rings. The molecule has 1 saturated heterocycles. The Kier molecular flexibility index (Phi) is 6.75. The number of amides is 1. The summed E-state index contributed by atoms with van der Waals surface area (Å²) in [6.07, 6.45) is 3.74. The van der Waals surface area contributed by atoms with Gasteiger partial charge >= 0.3 is 0 Å². The highest BCUT2D eigenvalue weighted by Gasteiger charge is 2.29. The number of benzene rings is 2. The molecule has 1 aliphatic heterocycles. The smallest absolute Gasteiger partial charge is 0.224 e. The normalized spacial score (nSPS) is 15.9. The van der Waals surface area contributed by atoms with Gasteiger partial charge in [0.05, 0.1) is 28.4 Å². The number of carbonyl (C=O) groups is 1. The summed E-state index contributed by atoms with van der Waals surface area (Å²) in [7, 11) is 0. The van der Waals surface area contributed by atoms with Gasteiger partial charge in [-0.1, -0.05) is 48.5 Å². The maximum absolute atomic E-state index is 13.0. The Bertz CT molecular complexity index is 1300. The number of nitrogens with zero attached hydrogens (tertiary/aromatic N) is 5. The summed E-state index contributed by atoms with van der Waals surface area (Å²) < 4.78 is 1.96. The Labute approximate surface area is 206 Å².